The summed E-state index contributed by atoms with van der Waals surface area (Å²) >= 11 is 0. The molecule has 0 amide bonds. The predicted octanol–water partition coefficient (Wildman–Crippen LogP) is 0.936. The van der Waals surface area contributed by atoms with Crippen molar-refractivity contribution in [2.24, 2.45) is 5.92 Å². The molecule has 2 unspecified atom stereocenters. The first-order valence-corrected chi connectivity index (χ1v) is 5.61. The number of rotatable bonds is 8. The maximum Gasteiger partial charge on any atom is 0.319 e. The maximum atomic E-state index is 11.2. The molecule has 0 heterocycles. The number of nitrogens with one attached hydrogen (secondary N) is 1. The molecular formula is C11H23NO3. The first-order valence-electron chi connectivity index (χ1n) is 5.61. The van der Waals surface area contributed by atoms with Crippen LogP contribution in [0.1, 0.15) is 33.6 Å². The smallest absolute Gasteiger partial charge is 0.319 e. The van der Waals surface area contributed by atoms with Gasteiger partial charge in [-0.05, 0) is 19.3 Å². The lowest BCUT2D eigenvalue weighted by Crippen LogP contribution is -2.37. The van der Waals surface area contributed by atoms with Crippen molar-refractivity contribution in [3.8, 4) is 0 Å². The van der Waals surface area contributed by atoms with E-state index in [1.54, 1.807) is 0 Å². The molecule has 2 atom stereocenters. The van der Waals surface area contributed by atoms with E-state index in [4.69, 9.17) is 9.84 Å². The Kier molecular flexibility index (Phi) is 8.33. The Morgan fingerprint density at radius 3 is 2.67 bits per heavy atom. The first-order chi connectivity index (χ1) is 7.11. The van der Waals surface area contributed by atoms with Gasteiger partial charge in [-0.25, -0.2) is 0 Å². The van der Waals surface area contributed by atoms with Crippen LogP contribution in [0.25, 0.3) is 0 Å². The Balaban J connectivity index is 3.52. The van der Waals surface area contributed by atoms with Crippen molar-refractivity contribution in [1.82, 2.24) is 5.32 Å². The molecule has 0 aromatic heterocycles. The summed E-state index contributed by atoms with van der Waals surface area (Å²) in [5, 5.41) is 11.9. The van der Waals surface area contributed by atoms with Crippen molar-refractivity contribution >= 4 is 5.97 Å². The molecule has 4 heteroatoms. The number of unbranched alkanes of at least 4 members (excludes halogenated alkanes) is 1. The average molecular weight is 217 g/mol. The second kappa shape index (κ2) is 8.68. The average Bonchev–Trinajstić information content (AvgIpc) is 2.25. The fraction of sp³-hybridized carbons (Fsp3) is 0.909. The minimum atomic E-state index is -0.222. The number of hydrogen-bond acceptors (Lipinski definition) is 4. The van der Waals surface area contributed by atoms with Crippen molar-refractivity contribution in [2.45, 2.75) is 39.7 Å². The number of carbonyl (C=O) groups excluding carboxylic acids is 1. The molecule has 0 rings (SSSR count). The fourth-order valence-electron chi connectivity index (χ4n) is 0.985. The molecule has 0 radical (unpaired) electrons. The fourth-order valence-corrected chi connectivity index (χ4v) is 0.985. The number of aliphatic hydroxyl groups excluding tert-OH is 1. The lowest BCUT2D eigenvalue weighted by atomic mass is 10.1. The Morgan fingerprint density at radius 2 is 2.13 bits per heavy atom. The SMILES string of the molecule is CCCCOC(=O)CNC(C)C(C)CO. The van der Waals surface area contributed by atoms with E-state index in [0.717, 1.165) is 12.8 Å². The van der Waals surface area contributed by atoms with Gasteiger partial charge in [-0.15, -0.1) is 0 Å². The molecule has 0 aliphatic carbocycles. The Bertz CT molecular complexity index is 173. The molecule has 0 fully saturated rings. The molecular weight excluding hydrogens is 194 g/mol. The summed E-state index contributed by atoms with van der Waals surface area (Å²) in [6, 6.07) is 0.119. The highest BCUT2D eigenvalue weighted by molar-refractivity contribution is 5.71. The standard InChI is InChI=1S/C11H23NO3/c1-4-5-6-15-11(14)7-12-10(3)9(2)8-13/h9-10,12-13H,4-8H2,1-3H3. The number of hydrogen-bond donors (Lipinski definition) is 2. The third kappa shape index (κ3) is 7.33. The number of esters is 1. The Labute approximate surface area is 92.0 Å². The first kappa shape index (κ1) is 14.4. The van der Waals surface area contributed by atoms with E-state index in [1.807, 2.05) is 13.8 Å². The molecule has 0 saturated carbocycles. The van der Waals surface area contributed by atoms with Gasteiger partial charge in [0.1, 0.15) is 0 Å². The predicted molar refractivity (Wildman–Crippen MR) is 59.6 cm³/mol. The van der Waals surface area contributed by atoms with Crippen LogP contribution >= 0.6 is 0 Å². The van der Waals surface area contributed by atoms with Crippen LogP contribution < -0.4 is 5.32 Å². The Morgan fingerprint density at radius 1 is 1.47 bits per heavy atom. The molecule has 2 N–H and O–H groups in total. The van der Waals surface area contributed by atoms with Crippen molar-refractivity contribution in [2.75, 3.05) is 19.8 Å². The quantitative estimate of drug-likeness (QED) is 0.469. The third-order valence-corrected chi connectivity index (χ3v) is 2.47. The summed E-state index contributed by atoms with van der Waals surface area (Å²) in [7, 11) is 0. The van der Waals surface area contributed by atoms with Gasteiger partial charge in [0, 0.05) is 12.6 Å². The normalized spacial score (nSPS) is 14.7. The minimum absolute atomic E-state index is 0.119. The zero-order valence-corrected chi connectivity index (χ0v) is 9.95. The van der Waals surface area contributed by atoms with Crippen molar-refractivity contribution < 1.29 is 14.6 Å². The van der Waals surface area contributed by atoms with Gasteiger partial charge in [-0.2, -0.15) is 0 Å². The number of aliphatic hydroxyl groups is 1. The molecule has 0 spiro atoms. The molecule has 0 bridgehead atoms. The molecule has 4 nitrogen and oxygen atoms in total. The van der Waals surface area contributed by atoms with E-state index in [2.05, 4.69) is 12.2 Å². The minimum Gasteiger partial charge on any atom is -0.465 e. The van der Waals surface area contributed by atoms with Crippen LogP contribution in [-0.4, -0.2) is 36.9 Å². The lowest BCUT2D eigenvalue weighted by molar-refractivity contribution is -0.142. The third-order valence-electron chi connectivity index (χ3n) is 2.47. The monoisotopic (exact) mass is 217 g/mol. The zero-order valence-electron chi connectivity index (χ0n) is 9.95. The second-order valence-corrected chi connectivity index (χ2v) is 3.90. The molecule has 0 aliphatic heterocycles. The number of ether oxygens (including phenoxy) is 1. The van der Waals surface area contributed by atoms with Crippen LogP contribution in [0, 0.1) is 5.92 Å². The molecule has 15 heavy (non-hydrogen) atoms. The molecule has 0 aromatic carbocycles. The van der Waals surface area contributed by atoms with Gasteiger partial charge < -0.3 is 15.2 Å². The zero-order chi connectivity index (χ0) is 11.7. The van der Waals surface area contributed by atoms with Crippen LogP contribution in [0.3, 0.4) is 0 Å². The largest absolute Gasteiger partial charge is 0.465 e. The van der Waals surface area contributed by atoms with Gasteiger partial charge >= 0.3 is 5.97 Å². The summed E-state index contributed by atoms with van der Waals surface area (Å²) < 4.78 is 4.98. The van der Waals surface area contributed by atoms with E-state index >= 15 is 0 Å². The van der Waals surface area contributed by atoms with Gasteiger partial charge in [0.05, 0.1) is 13.2 Å². The summed E-state index contributed by atoms with van der Waals surface area (Å²) in [6.45, 7) is 6.77. The number of carbonyl (C=O) groups is 1. The van der Waals surface area contributed by atoms with E-state index in [1.165, 1.54) is 0 Å². The lowest BCUT2D eigenvalue weighted by Gasteiger charge is -2.18. The van der Waals surface area contributed by atoms with Gasteiger partial charge in [-0.1, -0.05) is 20.3 Å². The summed E-state index contributed by atoms with van der Waals surface area (Å²) in [5.74, 6) is -0.0751. The summed E-state index contributed by atoms with van der Waals surface area (Å²) in [4.78, 5) is 11.2. The molecule has 0 saturated heterocycles. The van der Waals surface area contributed by atoms with Crippen LogP contribution in [0.15, 0.2) is 0 Å². The van der Waals surface area contributed by atoms with Gasteiger partial charge in [-0.3, -0.25) is 4.79 Å². The molecule has 0 aromatic rings. The molecule has 90 valence electrons. The van der Waals surface area contributed by atoms with Gasteiger partial charge in [0.2, 0.25) is 0 Å². The van der Waals surface area contributed by atoms with E-state index in [0.29, 0.717) is 6.61 Å². The highest BCUT2D eigenvalue weighted by Gasteiger charge is 2.12. The molecule has 0 aliphatic rings. The highest BCUT2D eigenvalue weighted by atomic mass is 16.5. The van der Waals surface area contributed by atoms with E-state index < -0.39 is 0 Å². The second-order valence-electron chi connectivity index (χ2n) is 3.90. The maximum absolute atomic E-state index is 11.2. The van der Waals surface area contributed by atoms with Crippen molar-refractivity contribution in [3.05, 3.63) is 0 Å². The summed E-state index contributed by atoms with van der Waals surface area (Å²) in [5.41, 5.74) is 0. The van der Waals surface area contributed by atoms with Crippen molar-refractivity contribution in [3.63, 3.8) is 0 Å². The van der Waals surface area contributed by atoms with E-state index in [9.17, 15) is 4.79 Å². The van der Waals surface area contributed by atoms with Crippen LogP contribution in [-0.2, 0) is 9.53 Å². The van der Waals surface area contributed by atoms with Gasteiger partial charge in [0.15, 0.2) is 0 Å². The van der Waals surface area contributed by atoms with Crippen LogP contribution in [0.2, 0.25) is 0 Å². The summed E-state index contributed by atoms with van der Waals surface area (Å²) in [6.07, 6.45) is 1.94. The van der Waals surface area contributed by atoms with E-state index in [-0.39, 0.29) is 31.1 Å². The van der Waals surface area contributed by atoms with Crippen LogP contribution in [0.5, 0.6) is 0 Å². The van der Waals surface area contributed by atoms with Crippen molar-refractivity contribution in [1.29, 1.82) is 0 Å². The topological polar surface area (TPSA) is 58.6 Å². The Hall–Kier alpha value is -0.610. The van der Waals surface area contributed by atoms with Crippen LogP contribution in [0.4, 0.5) is 0 Å². The van der Waals surface area contributed by atoms with Gasteiger partial charge in [0.25, 0.3) is 0 Å². The highest BCUT2D eigenvalue weighted by Crippen LogP contribution is 1.99.